The first-order valence-corrected chi connectivity index (χ1v) is 12.0. The molecular formula is C26H31N5O2. The van der Waals surface area contributed by atoms with E-state index >= 15 is 0 Å². The molecule has 5 rings (SSSR count). The molecule has 1 saturated heterocycles. The van der Waals surface area contributed by atoms with Crippen molar-refractivity contribution in [2.75, 3.05) is 37.6 Å². The summed E-state index contributed by atoms with van der Waals surface area (Å²) in [6, 6.07) is 18.5. The number of fused-ring (bicyclic) bond motifs is 1. The Hall–Kier alpha value is -3.19. The second kappa shape index (κ2) is 10.2. The van der Waals surface area contributed by atoms with E-state index in [1.54, 1.807) is 0 Å². The Morgan fingerprint density at radius 3 is 2.67 bits per heavy atom. The predicted octanol–water partition coefficient (Wildman–Crippen LogP) is 3.52. The van der Waals surface area contributed by atoms with E-state index in [0.717, 1.165) is 64.0 Å². The smallest absolute Gasteiger partial charge is 0.241 e. The summed E-state index contributed by atoms with van der Waals surface area (Å²) in [5.74, 6) is 1.54. The minimum atomic E-state index is 0.0938. The van der Waals surface area contributed by atoms with Crippen molar-refractivity contribution in [2.24, 2.45) is 5.92 Å². The van der Waals surface area contributed by atoms with Crippen LogP contribution in [0.2, 0.25) is 0 Å². The Morgan fingerprint density at radius 2 is 1.82 bits per heavy atom. The molecule has 3 heterocycles. The number of piperidine rings is 1. The number of aromatic nitrogens is 2. The second-order valence-electron chi connectivity index (χ2n) is 8.94. The number of nitrogens with one attached hydrogen (secondary N) is 1. The molecule has 0 unspecified atom stereocenters. The largest absolute Gasteiger partial charge is 0.371 e. The Kier molecular flexibility index (Phi) is 6.67. The number of carbonyl (C=O) groups is 1. The van der Waals surface area contributed by atoms with E-state index in [4.69, 9.17) is 4.52 Å². The molecule has 7 heteroatoms. The number of hydrogen-bond donors (Lipinski definition) is 1. The van der Waals surface area contributed by atoms with E-state index in [-0.39, 0.29) is 11.8 Å². The summed E-state index contributed by atoms with van der Waals surface area (Å²) in [5, 5.41) is 7.26. The fraction of sp³-hybridized carbons (Fsp3) is 0.423. The van der Waals surface area contributed by atoms with E-state index in [1.165, 1.54) is 11.3 Å². The Labute approximate surface area is 194 Å². The van der Waals surface area contributed by atoms with Gasteiger partial charge in [0.25, 0.3) is 0 Å². The van der Waals surface area contributed by atoms with Crippen molar-refractivity contribution < 1.29 is 9.32 Å². The Bertz CT molecular complexity index is 1060. The van der Waals surface area contributed by atoms with Gasteiger partial charge in [-0.25, -0.2) is 0 Å². The maximum absolute atomic E-state index is 12.6. The van der Waals surface area contributed by atoms with Crippen molar-refractivity contribution in [1.82, 2.24) is 20.4 Å². The zero-order valence-electron chi connectivity index (χ0n) is 18.9. The van der Waals surface area contributed by atoms with E-state index in [1.807, 2.05) is 30.3 Å². The minimum absolute atomic E-state index is 0.0938. The molecule has 1 aromatic heterocycles. The number of benzene rings is 2. The molecule has 0 spiro atoms. The van der Waals surface area contributed by atoms with Crippen LogP contribution in [0.1, 0.15) is 30.7 Å². The molecule has 2 aliphatic rings. The molecule has 33 heavy (non-hydrogen) atoms. The van der Waals surface area contributed by atoms with Crippen molar-refractivity contribution in [3.63, 3.8) is 0 Å². The number of carbonyl (C=O) groups excluding carboxylic acids is 1. The lowest BCUT2D eigenvalue weighted by Gasteiger charge is -2.30. The van der Waals surface area contributed by atoms with Crippen molar-refractivity contribution in [1.29, 1.82) is 0 Å². The number of rotatable bonds is 8. The minimum Gasteiger partial charge on any atom is -0.371 e. The van der Waals surface area contributed by atoms with E-state index in [9.17, 15) is 4.79 Å². The predicted molar refractivity (Wildman–Crippen MR) is 128 cm³/mol. The lowest BCUT2D eigenvalue weighted by Crippen LogP contribution is -2.40. The van der Waals surface area contributed by atoms with Gasteiger partial charge < -0.3 is 14.7 Å². The molecule has 3 aromatic rings. The van der Waals surface area contributed by atoms with Gasteiger partial charge in [0.2, 0.25) is 17.6 Å². The molecule has 1 N–H and O–H groups in total. The monoisotopic (exact) mass is 445 g/mol. The molecule has 7 nitrogen and oxygen atoms in total. The number of anilines is 1. The fourth-order valence-corrected chi connectivity index (χ4v) is 4.83. The first-order valence-electron chi connectivity index (χ1n) is 12.0. The van der Waals surface area contributed by atoms with Crippen LogP contribution in [-0.4, -0.2) is 53.7 Å². The highest BCUT2D eigenvalue weighted by Gasteiger charge is 2.26. The van der Waals surface area contributed by atoms with Gasteiger partial charge in [-0.1, -0.05) is 53.7 Å². The zero-order valence-corrected chi connectivity index (χ0v) is 18.9. The molecule has 172 valence electrons. The van der Waals surface area contributed by atoms with Crippen LogP contribution in [0.4, 0.5) is 5.69 Å². The maximum atomic E-state index is 12.6. The molecule has 2 aliphatic heterocycles. The topological polar surface area (TPSA) is 74.5 Å². The summed E-state index contributed by atoms with van der Waals surface area (Å²) >= 11 is 0. The maximum Gasteiger partial charge on any atom is 0.241 e. The quantitative estimate of drug-likeness (QED) is 0.535. The van der Waals surface area contributed by atoms with Crippen LogP contribution in [0.5, 0.6) is 0 Å². The third kappa shape index (κ3) is 5.25. The molecule has 0 aliphatic carbocycles. The van der Waals surface area contributed by atoms with Crippen LogP contribution in [0.25, 0.3) is 11.4 Å². The van der Waals surface area contributed by atoms with Gasteiger partial charge in [-0.05, 0) is 50.4 Å². The van der Waals surface area contributed by atoms with Crippen LogP contribution >= 0.6 is 0 Å². The van der Waals surface area contributed by atoms with E-state index < -0.39 is 0 Å². The first-order chi connectivity index (χ1) is 16.3. The zero-order chi connectivity index (χ0) is 22.5. The van der Waals surface area contributed by atoms with Crippen molar-refractivity contribution >= 4 is 11.6 Å². The van der Waals surface area contributed by atoms with Crippen molar-refractivity contribution in [3.8, 4) is 11.4 Å². The van der Waals surface area contributed by atoms with Gasteiger partial charge in [-0.15, -0.1) is 0 Å². The SMILES string of the molecule is O=C(NCCCN1CCc2ccccc21)C1CCN(Cc2nc(-c3ccccc3)no2)CC1. The molecular weight excluding hydrogens is 414 g/mol. The van der Waals surface area contributed by atoms with Gasteiger partial charge in [0.15, 0.2) is 0 Å². The third-order valence-electron chi connectivity index (χ3n) is 6.70. The lowest BCUT2D eigenvalue weighted by molar-refractivity contribution is -0.126. The summed E-state index contributed by atoms with van der Waals surface area (Å²) in [5.41, 5.74) is 3.75. The van der Waals surface area contributed by atoms with Gasteiger partial charge in [-0.2, -0.15) is 4.98 Å². The molecule has 0 saturated carbocycles. The highest BCUT2D eigenvalue weighted by molar-refractivity contribution is 5.78. The van der Waals surface area contributed by atoms with Crippen molar-refractivity contribution in [3.05, 3.63) is 66.1 Å². The number of likely N-dealkylation sites (tertiary alicyclic amines) is 1. The Morgan fingerprint density at radius 1 is 1.03 bits per heavy atom. The summed E-state index contributed by atoms with van der Waals surface area (Å²) in [4.78, 5) is 21.9. The molecule has 1 fully saturated rings. The average molecular weight is 446 g/mol. The highest BCUT2D eigenvalue weighted by atomic mass is 16.5. The summed E-state index contributed by atoms with van der Waals surface area (Å²) in [7, 11) is 0. The standard InChI is InChI=1S/C26H31N5O2/c32-26(27-14-6-15-31-18-13-20-7-4-5-10-23(20)31)22-11-16-30(17-12-22)19-24-28-25(29-33-24)21-8-2-1-3-9-21/h1-5,7-10,22H,6,11-19H2,(H,27,32). The third-order valence-corrected chi connectivity index (χ3v) is 6.70. The molecule has 0 radical (unpaired) electrons. The van der Waals surface area contributed by atoms with Crippen molar-refractivity contribution in [2.45, 2.75) is 32.2 Å². The van der Waals surface area contributed by atoms with Gasteiger partial charge in [0, 0.05) is 36.8 Å². The number of nitrogens with zero attached hydrogens (tertiary/aromatic N) is 4. The summed E-state index contributed by atoms with van der Waals surface area (Å²) in [6.45, 7) is 5.17. The van der Waals surface area contributed by atoms with Gasteiger partial charge >= 0.3 is 0 Å². The molecule has 0 bridgehead atoms. The molecule has 0 atom stereocenters. The number of hydrogen-bond acceptors (Lipinski definition) is 6. The van der Waals surface area contributed by atoms with Crippen LogP contribution in [0.3, 0.4) is 0 Å². The average Bonchev–Trinajstić information content (AvgIpc) is 3.50. The fourth-order valence-electron chi connectivity index (χ4n) is 4.83. The number of amides is 1. The van der Waals surface area contributed by atoms with Crippen LogP contribution in [0.15, 0.2) is 59.1 Å². The highest BCUT2D eigenvalue weighted by Crippen LogP contribution is 2.27. The molecule has 1 amide bonds. The van der Waals surface area contributed by atoms with Gasteiger partial charge in [-0.3, -0.25) is 9.69 Å². The first kappa shape index (κ1) is 21.6. The van der Waals surface area contributed by atoms with E-state index in [2.05, 4.69) is 49.5 Å². The van der Waals surface area contributed by atoms with Gasteiger partial charge in [0.1, 0.15) is 0 Å². The number of para-hydroxylation sites is 1. The van der Waals surface area contributed by atoms with Gasteiger partial charge in [0.05, 0.1) is 6.54 Å². The normalized spacial score (nSPS) is 16.7. The van der Waals surface area contributed by atoms with Crippen LogP contribution in [-0.2, 0) is 17.8 Å². The second-order valence-corrected chi connectivity index (χ2v) is 8.94. The summed E-state index contributed by atoms with van der Waals surface area (Å²) in [6.07, 6.45) is 3.83. The lowest BCUT2D eigenvalue weighted by atomic mass is 9.96. The molecule has 2 aromatic carbocycles. The van der Waals surface area contributed by atoms with Crippen LogP contribution in [0, 0.1) is 5.92 Å². The summed E-state index contributed by atoms with van der Waals surface area (Å²) < 4.78 is 5.44. The Balaban J connectivity index is 1.01. The van der Waals surface area contributed by atoms with E-state index in [0.29, 0.717) is 18.3 Å². The van der Waals surface area contributed by atoms with Crippen LogP contribution < -0.4 is 10.2 Å².